The molecule has 0 saturated carbocycles. The zero-order valence-electron chi connectivity index (χ0n) is 15.2. The van der Waals surface area contributed by atoms with Crippen LogP contribution in [0.2, 0.25) is 0 Å². The lowest BCUT2D eigenvalue weighted by atomic mass is 10.0. The molecule has 0 aliphatic carbocycles. The quantitative estimate of drug-likeness (QED) is 0.383. The Morgan fingerprint density at radius 3 is 2.47 bits per heavy atom. The normalized spacial score (nSPS) is 10.7. The van der Waals surface area contributed by atoms with E-state index in [1.807, 2.05) is 0 Å². The second kappa shape index (κ2) is 7.59. The van der Waals surface area contributed by atoms with Gasteiger partial charge in [-0.3, -0.25) is 4.79 Å². The van der Waals surface area contributed by atoms with Crippen molar-refractivity contribution in [3.8, 4) is 0 Å². The summed E-state index contributed by atoms with van der Waals surface area (Å²) >= 11 is 0. The number of aromatic amines is 1. The molecule has 5 N–H and O–H groups in total. The first kappa shape index (κ1) is 19.0. The van der Waals surface area contributed by atoms with E-state index in [-0.39, 0.29) is 22.9 Å². The number of hydrogen-bond acceptors (Lipinski definition) is 5. The number of H-pyrrole nitrogens is 1. The lowest BCUT2D eigenvalue weighted by Gasteiger charge is -2.09. The molecule has 0 spiro atoms. The van der Waals surface area contributed by atoms with Crippen LogP contribution in [0.1, 0.15) is 15.9 Å². The molecule has 2 heterocycles. The Morgan fingerprint density at radius 2 is 1.70 bits per heavy atom. The van der Waals surface area contributed by atoms with Gasteiger partial charge in [-0.25, -0.2) is 23.5 Å². The van der Waals surface area contributed by atoms with E-state index < -0.39 is 17.7 Å². The van der Waals surface area contributed by atoms with Gasteiger partial charge in [0, 0.05) is 29.2 Å². The monoisotopic (exact) mass is 408 g/mol. The van der Waals surface area contributed by atoms with Crippen LogP contribution < -0.4 is 16.4 Å². The summed E-state index contributed by atoms with van der Waals surface area (Å²) < 4.78 is 26.5. The summed E-state index contributed by atoms with van der Waals surface area (Å²) in [7, 11) is 0. The van der Waals surface area contributed by atoms with E-state index in [4.69, 9.17) is 5.73 Å². The number of fused-ring (bicyclic) bond motifs is 1. The lowest BCUT2D eigenvalue weighted by molar-refractivity contribution is 0.104. The van der Waals surface area contributed by atoms with Gasteiger partial charge >= 0.3 is 6.03 Å². The number of rotatable bonds is 4. The van der Waals surface area contributed by atoms with Gasteiger partial charge in [-0.05, 0) is 24.3 Å². The summed E-state index contributed by atoms with van der Waals surface area (Å²) in [4.78, 5) is 35.9. The Hall–Kier alpha value is -4.34. The van der Waals surface area contributed by atoms with Gasteiger partial charge in [0.1, 0.15) is 29.4 Å². The molecule has 2 amide bonds. The fourth-order valence-corrected chi connectivity index (χ4v) is 2.98. The van der Waals surface area contributed by atoms with Crippen molar-refractivity contribution in [2.75, 3.05) is 16.4 Å². The number of halogens is 2. The first-order valence-electron chi connectivity index (χ1n) is 8.67. The average Bonchev–Trinajstić information content (AvgIpc) is 3.12. The molecule has 30 heavy (non-hydrogen) atoms. The first-order chi connectivity index (χ1) is 14.4. The van der Waals surface area contributed by atoms with E-state index >= 15 is 0 Å². The SMILES string of the molecule is Nc1ncnc2[nH]cc(C(=O)c3cccc(NC(=O)Nc4cc(F)cc(F)c4)c3)c12. The number of carbonyl (C=O) groups excluding carboxylic acids is 2. The van der Waals surface area contributed by atoms with Crippen LogP contribution in [0, 0.1) is 11.6 Å². The summed E-state index contributed by atoms with van der Waals surface area (Å²) in [5, 5.41) is 5.25. The number of urea groups is 1. The Morgan fingerprint density at radius 1 is 0.967 bits per heavy atom. The number of anilines is 3. The predicted octanol–water partition coefficient (Wildman–Crippen LogP) is 3.69. The number of benzene rings is 2. The third kappa shape index (κ3) is 3.78. The number of ketones is 1. The minimum atomic E-state index is -0.820. The molecule has 0 saturated heterocycles. The van der Waals surface area contributed by atoms with Gasteiger partial charge in [0.25, 0.3) is 0 Å². The van der Waals surface area contributed by atoms with E-state index in [1.54, 1.807) is 18.2 Å². The van der Waals surface area contributed by atoms with Gasteiger partial charge in [0.05, 0.1) is 10.9 Å². The molecule has 0 aliphatic heterocycles. The highest BCUT2D eigenvalue weighted by Crippen LogP contribution is 2.24. The summed E-state index contributed by atoms with van der Waals surface area (Å²) in [5.74, 6) is -1.82. The minimum Gasteiger partial charge on any atom is -0.383 e. The number of nitrogens with zero attached hydrogens (tertiary/aromatic N) is 2. The number of nitrogens with one attached hydrogen (secondary N) is 3. The molecule has 0 atom stereocenters. The maximum absolute atomic E-state index is 13.3. The van der Waals surface area contributed by atoms with Gasteiger partial charge in [0.15, 0.2) is 5.78 Å². The molecule has 0 radical (unpaired) electrons. The first-order valence-corrected chi connectivity index (χ1v) is 8.67. The fraction of sp³-hybridized carbons (Fsp3) is 0. The van der Waals surface area contributed by atoms with E-state index in [0.717, 1.165) is 12.1 Å². The Bertz CT molecular complexity index is 1270. The molecule has 0 aliphatic rings. The summed E-state index contributed by atoms with van der Waals surface area (Å²) in [5.41, 5.74) is 7.13. The topological polar surface area (TPSA) is 126 Å². The van der Waals surface area contributed by atoms with Crippen LogP contribution in [-0.4, -0.2) is 26.8 Å². The van der Waals surface area contributed by atoms with Crippen LogP contribution in [-0.2, 0) is 0 Å². The Kier molecular flexibility index (Phi) is 4.80. The van der Waals surface area contributed by atoms with Crippen LogP contribution in [0.4, 0.5) is 30.8 Å². The van der Waals surface area contributed by atoms with Crippen molar-refractivity contribution < 1.29 is 18.4 Å². The number of hydrogen-bond donors (Lipinski definition) is 4. The number of aromatic nitrogens is 3. The van der Waals surface area contributed by atoms with Gasteiger partial charge in [0.2, 0.25) is 0 Å². The van der Waals surface area contributed by atoms with Crippen molar-refractivity contribution in [1.82, 2.24) is 15.0 Å². The highest BCUT2D eigenvalue weighted by Gasteiger charge is 2.18. The fourth-order valence-electron chi connectivity index (χ4n) is 2.98. The Labute approximate surface area is 168 Å². The molecule has 2 aromatic heterocycles. The average molecular weight is 408 g/mol. The largest absolute Gasteiger partial charge is 0.383 e. The predicted molar refractivity (Wildman–Crippen MR) is 107 cm³/mol. The standard InChI is InChI=1S/C20H14F2N6O2/c21-11-5-12(22)7-14(6-11)28-20(30)27-13-3-1-2-10(4-13)17(29)15-8-24-19-16(15)18(23)25-9-26-19/h1-9H,(H2,27,28,30)(H3,23,24,25,26). The zero-order valence-corrected chi connectivity index (χ0v) is 15.2. The van der Waals surface area contributed by atoms with Crippen LogP contribution in [0.3, 0.4) is 0 Å². The van der Waals surface area contributed by atoms with Gasteiger partial charge < -0.3 is 21.4 Å². The van der Waals surface area contributed by atoms with Gasteiger partial charge in [-0.15, -0.1) is 0 Å². The molecule has 4 aromatic rings. The molecule has 0 fully saturated rings. The van der Waals surface area contributed by atoms with Crippen molar-refractivity contribution in [3.05, 3.63) is 77.8 Å². The van der Waals surface area contributed by atoms with Crippen LogP contribution in [0.25, 0.3) is 11.0 Å². The van der Waals surface area contributed by atoms with Crippen LogP contribution in [0.5, 0.6) is 0 Å². The summed E-state index contributed by atoms with van der Waals surface area (Å²) in [6.07, 6.45) is 2.78. The second-order valence-electron chi connectivity index (χ2n) is 6.33. The van der Waals surface area contributed by atoms with E-state index in [2.05, 4.69) is 25.6 Å². The van der Waals surface area contributed by atoms with Crippen molar-refractivity contribution in [1.29, 1.82) is 0 Å². The zero-order chi connectivity index (χ0) is 21.3. The van der Waals surface area contributed by atoms with E-state index in [0.29, 0.717) is 28.4 Å². The summed E-state index contributed by atoms with van der Waals surface area (Å²) in [6, 6.07) is 8.11. The Balaban J connectivity index is 1.55. The number of nitrogen functional groups attached to an aromatic ring is 1. The second-order valence-corrected chi connectivity index (χ2v) is 6.33. The van der Waals surface area contributed by atoms with Crippen molar-refractivity contribution in [2.45, 2.75) is 0 Å². The van der Waals surface area contributed by atoms with E-state index in [1.165, 1.54) is 18.6 Å². The molecule has 2 aromatic carbocycles. The van der Waals surface area contributed by atoms with Crippen molar-refractivity contribution in [3.63, 3.8) is 0 Å². The number of nitrogens with two attached hydrogens (primary N) is 1. The maximum atomic E-state index is 13.3. The minimum absolute atomic E-state index is 0.0495. The van der Waals surface area contributed by atoms with Gasteiger partial charge in [-0.1, -0.05) is 12.1 Å². The smallest absolute Gasteiger partial charge is 0.323 e. The van der Waals surface area contributed by atoms with Crippen molar-refractivity contribution in [2.24, 2.45) is 0 Å². The third-order valence-corrected chi connectivity index (χ3v) is 4.25. The molecule has 8 nitrogen and oxygen atoms in total. The highest BCUT2D eigenvalue weighted by atomic mass is 19.1. The van der Waals surface area contributed by atoms with Crippen LogP contribution in [0.15, 0.2) is 55.0 Å². The highest BCUT2D eigenvalue weighted by molar-refractivity contribution is 6.18. The molecular formula is C20H14F2N6O2. The lowest BCUT2D eigenvalue weighted by Crippen LogP contribution is -2.19. The molecule has 0 bridgehead atoms. The molecule has 4 rings (SSSR count). The third-order valence-electron chi connectivity index (χ3n) is 4.25. The van der Waals surface area contributed by atoms with Crippen LogP contribution >= 0.6 is 0 Å². The number of amides is 2. The maximum Gasteiger partial charge on any atom is 0.323 e. The van der Waals surface area contributed by atoms with E-state index in [9.17, 15) is 18.4 Å². The summed E-state index contributed by atoms with van der Waals surface area (Å²) in [6.45, 7) is 0. The number of carbonyl (C=O) groups is 2. The molecular weight excluding hydrogens is 394 g/mol. The molecule has 10 heteroatoms. The van der Waals surface area contributed by atoms with Crippen molar-refractivity contribution >= 4 is 40.0 Å². The van der Waals surface area contributed by atoms with Gasteiger partial charge in [-0.2, -0.15) is 0 Å². The molecule has 150 valence electrons. The molecule has 0 unspecified atom stereocenters.